The Morgan fingerprint density at radius 2 is 2.22 bits per heavy atom. The molecule has 1 unspecified atom stereocenters. The SMILES string of the molecule is CCOC(=O)ON=C(C(=O)NC1C(=O)N2C(C(=O)O)=C(CSC)CS[C@H]12)c1csc(N)n1. The first-order valence-electron chi connectivity index (χ1n) is 9.11. The van der Waals surface area contributed by atoms with Gasteiger partial charge < -0.3 is 20.9 Å². The Bertz CT molecular complexity index is 1010. The zero-order chi connectivity index (χ0) is 23.4. The van der Waals surface area contributed by atoms with E-state index in [0.29, 0.717) is 17.1 Å². The van der Waals surface area contributed by atoms with E-state index in [0.717, 1.165) is 11.3 Å². The highest BCUT2D eigenvalue weighted by atomic mass is 32.2. The van der Waals surface area contributed by atoms with Crippen LogP contribution in [0.4, 0.5) is 9.93 Å². The maximum Gasteiger partial charge on any atom is 0.535 e. The second kappa shape index (κ2) is 10.2. The molecule has 32 heavy (non-hydrogen) atoms. The van der Waals surface area contributed by atoms with E-state index in [9.17, 15) is 24.3 Å². The average molecular weight is 502 g/mol. The van der Waals surface area contributed by atoms with Crippen molar-refractivity contribution < 1.29 is 33.9 Å². The number of nitrogens with zero attached hydrogens (tertiary/aromatic N) is 3. The molecule has 0 aromatic carbocycles. The summed E-state index contributed by atoms with van der Waals surface area (Å²) in [5.74, 6) is -1.70. The molecule has 1 fully saturated rings. The van der Waals surface area contributed by atoms with Crippen molar-refractivity contribution >= 4 is 69.6 Å². The standard InChI is InChI=1S/C17H19N5O7S3/c1-3-28-17(27)29-21-9(8-6-32-16(18)19-8)12(23)20-10-13(24)22-11(15(25)26)7(4-30-2)5-31-14(10)22/h6,10,14H,3-5H2,1-2H3,(H2,18,19)(H,20,23)(H,25,26)/t10?,14-/m1/s1. The predicted molar refractivity (Wildman–Crippen MR) is 119 cm³/mol. The Labute approximate surface area is 194 Å². The van der Waals surface area contributed by atoms with Gasteiger partial charge in [0.05, 0.1) is 6.61 Å². The predicted octanol–water partition coefficient (Wildman–Crippen LogP) is 0.704. The number of rotatable bonds is 8. The molecule has 2 atom stereocenters. The van der Waals surface area contributed by atoms with E-state index in [1.807, 2.05) is 6.26 Å². The molecule has 0 spiro atoms. The third kappa shape index (κ3) is 4.83. The largest absolute Gasteiger partial charge is 0.535 e. The number of β-lactam (4-membered cyclic amide) rings is 1. The Hall–Kier alpha value is -2.78. The molecule has 2 aliphatic heterocycles. The van der Waals surface area contributed by atoms with Gasteiger partial charge in [-0.05, 0) is 18.8 Å². The molecule has 0 saturated carbocycles. The molecule has 4 N–H and O–H groups in total. The fourth-order valence-electron chi connectivity index (χ4n) is 3.01. The van der Waals surface area contributed by atoms with Gasteiger partial charge in [0.25, 0.3) is 11.8 Å². The number of anilines is 1. The fourth-order valence-corrected chi connectivity index (χ4v) is 5.62. The molecular weight excluding hydrogens is 482 g/mol. The summed E-state index contributed by atoms with van der Waals surface area (Å²) in [7, 11) is 0. The number of hydrogen-bond donors (Lipinski definition) is 3. The van der Waals surface area contributed by atoms with Gasteiger partial charge in [-0.25, -0.2) is 14.6 Å². The third-order valence-corrected chi connectivity index (χ3v) is 6.96. The molecule has 0 radical (unpaired) electrons. The lowest BCUT2D eigenvalue weighted by Gasteiger charge is -2.49. The van der Waals surface area contributed by atoms with Crippen LogP contribution in [-0.2, 0) is 24.0 Å². The topological polar surface area (TPSA) is 174 Å². The van der Waals surface area contributed by atoms with Crippen molar-refractivity contribution in [2.75, 3.05) is 30.1 Å². The van der Waals surface area contributed by atoms with Crippen LogP contribution in [0.15, 0.2) is 21.8 Å². The minimum Gasteiger partial charge on any atom is -0.477 e. The Balaban J connectivity index is 1.79. The molecule has 15 heteroatoms. The number of aromatic nitrogens is 1. The van der Waals surface area contributed by atoms with Crippen molar-refractivity contribution in [3.8, 4) is 0 Å². The van der Waals surface area contributed by atoms with E-state index in [4.69, 9.17) is 5.73 Å². The number of carbonyl (C=O) groups excluding carboxylic acids is 3. The van der Waals surface area contributed by atoms with Gasteiger partial charge in [-0.3, -0.25) is 19.3 Å². The summed E-state index contributed by atoms with van der Waals surface area (Å²) in [6, 6.07) is -0.985. The smallest absolute Gasteiger partial charge is 0.477 e. The van der Waals surface area contributed by atoms with Crippen LogP contribution in [0.2, 0.25) is 0 Å². The second-order valence-electron chi connectivity index (χ2n) is 6.34. The Morgan fingerprint density at radius 1 is 1.47 bits per heavy atom. The normalized spacial score (nSPS) is 20.4. The van der Waals surface area contributed by atoms with Crippen LogP contribution in [0.25, 0.3) is 0 Å². The van der Waals surface area contributed by atoms with E-state index in [1.54, 1.807) is 6.92 Å². The van der Waals surface area contributed by atoms with E-state index in [2.05, 4.69) is 25.0 Å². The first-order chi connectivity index (χ1) is 15.3. The van der Waals surface area contributed by atoms with Gasteiger partial charge >= 0.3 is 12.1 Å². The number of carbonyl (C=O) groups is 4. The van der Waals surface area contributed by atoms with Gasteiger partial charge in [-0.1, -0.05) is 5.16 Å². The molecule has 0 aliphatic carbocycles. The summed E-state index contributed by atoms with van der Waals surface area (Å²) >= 11 is 3.85. The number of oxime groups is 1. The number of nitrogens with two attached hydrogens (primary N) is 1. The third-order valence-electron chi connectivity index (χ3n) is 4.31. The molecule has 2 aliphatic rings. The molecule has 1 aromatic heterocycles. The van der Waals surface area contributed by atoms with Crippen molar-refractivity contribution in [3.63, 3.8) is 0 Å². The van der Waals surface area contributed by atoms with Gasteiger partial charge in [0.15, 0.2) is 10.8 Å². The number of carboxylic acids is 1. The van der Waals surface area contributed by atoms with Crippen LogP contribution in [0.5, 0.6) is 0 Å². The Morgan fingerprint density at radius 3 is 2.81 bits per heavy atom. The number of thiazole rings is 1. The molecule has 1 aromatic rings. The number of amides is 2. The minimum absolute atomic E-state index is 0.0441. The van der Waals surface area contributed by atoms with Crippen LogP contribution < -0.4 is 11.1 Å². The summed E-state index contributed by atoms with van der Waals surface area (Å²) in [5, 5.41) is 16.6. The van der Waals surface area contributed by atoms with Gasteiger partial charge in [0, 0.05) is 16.9 Å². The summed E-state index contributed by atoms with van der Waals surface area (Å²) in [6.45, 7) is 1.61. The zero-order valence-electron chi connectivity index (χ0n) is 16.9. The molecule has 3 rings (SSSR count). The van der Waals surface area contributed by atoms with Crippen molar-refractivity contribution in [1.82, 2.24) is 15.2 Å². The zero-order valence-corrected chi connectivity index (χ0v) is 19.3. The summed E-state index contributed by atoms with van der Waals surface area (Å²) < 4.78 is 4.61. The second-order valence-corrected chi connectivity index (χ2v) is 9.20. The van der Waals surface area contributed by atoms with Crippen molar-refractivity contribution in [1.29, 1.82) is 0 Å². The maximum atomic E-state index is 12.9. The lowest BCUT2D eigenvalue weighted by molar-refractivity contribution is -0.150. The van der Waals surface area contributed by atoms with Crippen LogP contribution in [0.1, 0.15) is 12.6 Å². The van der Waals surface area contributed by atoms with Crippen molar-refractivity contribution in [2.45, 2.75) is 18.3 Å². The number of ether oxygens (including phenoxy) is 1. The van der Waals surface area contributed by atoms with Crippen LogP contribution >= 0.6 is 34.9 Å². The highest BCUT2D eigenvalue weighted by Crippen LogP contribution is 2.40. The number of fused-ring (bicyclic) bond motifs is 1. The number of hydrogen-bond acceptors (Lipinski definition) is 12. The first kappa shape index (κ1) is 23.9. The van der Waals surface area contributed by atoms with E-state index >= 15 is 0 Å². The molecule has 2 amide bonds. The minimum atomic E-state index is -1.19. The van der Waals surface area contributed by atoms with E-state index in [-0.39, 0.29) is 28.8 Å². The number of nitrogen functional groups attached to an aromatic ring is 1. The van der Waals surface area contributed by atoms with Gasteiger partial charge in [0.2, 0.25) is 0 Å². The van der Waals surface area contributed by atoms with Crippen molar-refractivity contribution in [3.05, 3.63) is 22.3 Å². The maximum absolute atomic E-state index is 12.9. The average Bonchev–Trinajstić information content (AvgIpc) is 3.17. The number of carboxylic acid groups (broad SMARTS) is 1. The highest BCUT2D eigenvalue weighted by molar-refractivity contribution is 8.00. The molecular formula is C17H19N5O7S3. The van der Waals surface area contributed by atoms with Crippen LogP contribution in [0.3, 0.4) is 0 Å². The first-order valence-corrected chi connectivity index (χ1v) is 12.4. The van der Waals surface area contributed by atoms with Crippen LogP contribution in [0, 0.1) is 0 Å². The summed E-state index contributed by atoms with van der Waals surface area (Å²) in [5.41, 5.74) is 5.87. The number of thioether (sulfide) groups is 2. The van der Waals surface area contributed by atoms with Gasteiger partial charge in [-0.2, -0.15) is 11.8 Å². The molecule has 0 bridgehead atoms. The monoisotopic (exact) mass is 501 g/mol. The van der Waals surface area contributed by atoms with Crippen LogP contribution in [-0.4, -0.2) is 80.4 Å². The number of aliphatic carboxylic acids is 1. The quantitative estimate of drug-likeness (QED) is 0.150. The molecule has 1 saturated heterocycles. The van der Waals surface area contributed by atoms with Gasteiger partial charge in [-0.15, -0.1) is 23.1 Å². The molecule has 172 valence electrons. The summed E-state index contributed by atoms with van der Waals surface area (Å²) in [6.07, 6.45) is 0.724. The highest BCUT2D eigenvalue weighted by Gasteiger charge is 2.54. The molecule has 12 nitrogen and oxygen atoms in total. The van der Waals surface area contributed by atoms with Crippen molar-refractivity contribution in [2.24, 2.45) is 5.16 Å². The molecule has 3 heterocycles. The van der Waals surface area contributed by atoms with E-state index < -0.39 is 35.4 Å². The lowest BCUT2D eigenvalue weighted by atomic mass is 10.0. The lowest BCUT2D eigenvalue weighted by Crippen LogP contribution is -2.71. The number of nitrogens with one attached hydrogen (secondary N) is 1. The van der Waals surface area contributed by atoms with Gasteiger partial charge in [0.1, 0.15) is 22.8 Å². The van der Waals surface area contributed by atoms with E-state index in [1.165, 1.54) is 33.8 Å². The Kier molecular flexibility index (Phi) is 7.63. The fraction of sp³-hybridized carbons (Fsp3) is 0.412. The summed E-state index contributed by atoms with van der Waals surface area (Å²) in [4.78, 5) is 58.5.